The third-order valence-electron chi connectivity index (χ3n) is 2.83. The predicted molar refractivity (Wildman–Crippen MR) is 69.8 cm³/mol. The average molecular weight is 239 g/mol. The van der Waals surface area contributed by atoms with E-state index in [2.05, 4.69) is 21.8 Å². The van der Waals surface area contributed by atoms with E-state index in [0.717, 1.165) is 38.9 Å². The summed E-state index contributed by atoms with van der Waals surface area (Å²) in [7, 11) is 0. The number of aromatic nitrogens is 2. The number of hydrogen-bond donors (Lipinski definition) is 2. The maximum atomic E-state index is 8.65. The minimum atomic E-state index is 0.323. The highest BCUT2D eigenvalue weighted by molar-refractivity contribution is 4.97. The van der Waals surface area contributed by atoms with Crippen molar-refractivity contribution in [2.45, 2.75) is 52.1 Å². The normalized spacial score (nSPS) is 10.9. The van der Waals surface area contributed by atoms with Crippen molar-refractivity contribution in [1.82, 2.24) is 14.9 Å². The molecule has 0 aliphatic heterocycles. The second-order valence-electron chi connectivity index (χ2n) is 4.39. The van der Waals surface area contributed by atoms with Crippen LogP contribution >= 0.6 is 0 Å². The van der Waals surface area contributed by atoms with Crippen molar-refractivity contribution in [2.75, 3.05) is 13.2 Å². The van der Waals surface area contributed by atoms with Gasteiger partial charge in [-0.25, -0.2) is 4.98 Å². The summed E-state index contributed by atoms with van der Waals surface area (Å²) in [5.74, 6) is 0. The molecule has 0 aliphatic rings. The van der Waals surface area contributed by atoms with Crippen LogP contribution in [0.4, 0.5) is 0 Å². The minimum Gasteiger partial charge on any atom is -0.396 e. The molecule has 0 atom stereocenters. The number of rotatable bonds is 10. The van der Waals surface area contributed by atoms with Crippen molar-refractivity contribution in [3.8, 4) is 0 Å². The molecule has 1 aromatic heterocycles. The zero-order valence-electron chi connectivity index (χ0n) is 10.9. The smallest absolute Gasteiger partial charge is 0.0948 e. The Morgan fingerprint density at radius 3 is 2.88 bits per heavy atom. The molecule has 0 aliphatic carbocycles. The number of nitrogens with one attached hydrogen (secondary N) is 1. The zero-order chi connectivity index (χ0) is 12.3. The van der Waals surface area contributed by atoms with E-state index in [9.17, 15) is 0 Å². The lowest BCUT2D eigenvalue weighted by Gasteiger charge is -2.07. The minimum absolute atomic E-state index is 0.323. The summed E-state index contributed by atoms with van der Waals surface area (Å²) in [4.78, 5) is 4.18. The maximum Gasteiger partial charge on any atom is 0.0948 e. The second kappa shape index (κ2) is 9.19. The standard InChI is InChI=1S/C13H25N3O/c1-2-8-16-12-15-11-13(16)10-14-7-5-3-4-6-9-17/h11-12,14,17H,2-10H2,1H3. The molecule has 98 valence electrons. The van der Waals surface area contributed by atoms with Gasteiger partial charge < -0.3 is 15.0 Å². The van der Waals surface area contributed by atoms with Crippen molar-refractivity contribution < 1.29 is 5.11 Å². The fraction of sp³-hybridized carbons (Fsp3) is 0.769. The quantitative estimate of drug-likeness (QED) is 0.613. The molecule has 0 saturated carbocycles. The summed E-state index contributed by atoms with van der Waals surface area (Å²) in [6.45, 7) is 5.50. The van der Waals surface area contributed by atoms with E-state index in [1.165, 1.54) is 18.5 Å². The number of aliphatic hydroxyl groups is 1. The van der Waals surface area contributed by atoms with Gasteiger partial charge in [0, 0.05) is 25.9 Å². The van der Waals surface area contributed by atoms with Gasteiger partial charge in [0.1, 0.15) is 0 Å². The summed E-state index contributed by atoms with van der Waals surface area (Å²) < 4.78 is 2.21. The van der Waals surface area contributed by atoms with Crippen LogP contribution < -0.4 is 5.32 Å². The van der Waals surface area contributed by atoms with Crippen molar-refractivity contribution >= 4 is 0 Å². The molecular weight excluding hydrogens is 214 g/mol. The lowest BCUT2D eigenvalue weighted by atomic mass is 10.2. The monoisotopic (exact) mass is 239 g/mol. The first-order valence-electron chi connectivity index (χ1n) is 6.69. The molecule has 0 radical (unpaired) electrons. The van der Waals surface area contributed by atoms with Gasteiger partial charge in [0.15, 0.2) is 0 Å². The highest BCUT2D eigenvalue weighted by atomic mass is 16.2. The number of unbranched alkanes of at least 4 members (excludes halogenated alkanes) is 3. The third-order valence-corrected chi connectivity index (χ3v) is 2.83. The van der Waals surface area contributed by atoms with Gasteiger partial charge in [0.25, 0.3) is 0 Å². The summed E-state index contributed by atoms with van der Waals surface area (Å²) in [6.07, 6.45) is 9.43. The van der Waals surface area contributed by atoms with Crippen molar-refractivity contribution in [3.05, 3.63) is 18.2 Å². The number of aliphatic hydroxyl groups excluding tert-OH is 1. The third kappa shape index (κ3) is 5.84. The number of nitrogens with zero attached hydrogens (tertiary/aromatic N) is 2. The molecule has 0 spiro atoms. The van der Waals surface area contributed by atoms with E-state index >= 15 is 0 Å². The molecule has 1 rings (SSSR count). The number of imidazole rings is 1. The average Bonchev–Trinajstić information content (AvgIpc) is 2.76. The Balaban J connectivity index is 2.07. The van der Waals surface area contributed by atoms with Crippen molar-refractivity contribution in [1.29, 1.82) is 0 Å². The first-order chi connectivity index (χ1) is 8.38. The largest absolute Gasteiger partial charge is 0.396 e. The van der Waals surface area contributed by atoms with Crippen LogP contribution in [0.1, 0.15) is 44.7 Å². The van der Waals surface area contributed by atoms with Crippen LogP contribution in [0.3, 0.4) is 0 Å². The maximum absolute atomic E-state index is 8.65. The summed E-state index contributed by atoms with van der Waals surface area (Å²) in [5, 5.41) is 12.1. The van der Waals surface area contributed by atoms with Crippen LogP contribution in [0.15, 0.2) is 12.5 Å². The summed E-state index contributed by atoms with van der Waals surface area (Å²) in [6, 6.07) is 0. The Hall–Kier alpha value is -0.870. The Morgan fingerprint density at radius 2 is 2.12 bits per heavy atom. The highest BCUT2D eigenvalue weighted by Gasteiger charge is 1.99. The Labute approximate surface area is 104 Å². The fourth-order valence-electron chi connectivity index (χ4n) is 1.87. The molecule has 0 aromatic carbocycles. The zero-order valence-corrected chi connectivity index (χ0v) is 10.9. The van der Waals surface area contributed by atoms with Crippen LogP contribution in [0.2, 0.25) is 0 Å². The Bertz CT molecular complexity index is 286. The first-order valence-corrected chi connectivity index (χ1v) is 6.69. The van der Waals surface area contributed by atoms with E-state index in [1.807, 2.05) is 12.5 Å². The van der Waals surface area contributed by atoms with Gasteiger partial charge in [0.2, 0.25) is 0 Å². The van der Waals surface area contributed by atoms with Crippen molar-refractivity contribution in [2.24, 2.45) is 0 Å². The molecule has 0 fully saturated rings. The molecule has 0 unspecified atom stereocenters. The van der Waals surface area contributed by atoms with Crippen LogP contribution in [0.5, 0.6) is 0 Å². The number of aryl methyl sites for hydroxylation is 1. The van der Waals surface area contributed by atoms with Crippen LogP contribution in [0, 0.1) is 0 Å². The van der Waals surface area contributed by atoms with Crippen LogP contribution in [-0.4, -0.2) is 27.8 Å². The SMILES string of the molecule is CCCn1cncc1CNCCCCCCO. The molecule has 0 bridgehead atoms. The predicted octanol–water partition coefficient (Wildman–Crippen LogP) is 1.94. The van der Waals surface area contributed by atoms with Crippen LogP contribution in [0.25, 0.3) is 0 Å². The van der Waals surface area contributed by atoms with Gasteiger partial charge in [-0.15, -0.1) is 0 Å². The Morgan fingerprint density at radius 1 is 1.29 bits per heavy atom. The Kier molecular flexibility index (Phi) is 7.67. The van der Waals surface area contributed by atoms with E-state index < -0.39 is 0 Å². The molecule has 2 N–H and O–H groups in total. The van der Waals surface area contributed by atoms with Crippen LogP contribution in [-0.2, 0) is 13.1 Å². The van der Waals surface area contributed by atoms with Gasteiger partial charge in [-0.1, -0.05) is 19.8 Å². The summed E-state index contributed by atoms with van der Waals surface area (Å²) >= 11 is 0. The van der Waals surface area contributed by atoms with Gasteiger partial charge in [0.05, 0.1) is 12.0 Å². The van der Waals surface area contributed by atoms with Gasteiger partial charge in [-0.3, -0.25) is 0 Å². The van der Waals surface area contributed by atoms with E-state index in [0.29, 0.717) is 6.61 Å². The highest BCUT2D eigenvalue weighted by Crippen LogP contribution is 2.01. The van der Waals surface area contributed by atoms with E-state index in [-0.39, 0.29) is 0 Å². The first kappa shape index (κ1) is 14.2. The number of hydrogen-bond acceptors (Lipinski definition) is 3. The molecular formula is C13H25N3O. The summed E-state index contributed by atoms with van der Waals surface area (Å²) in [5.41, 5.74) is 1.27. The van der Waals surface area contributed by atoms with Gasteiger partial charge in [-0.05, 0) is 25.8 Å². The van der Waals surface area contributed by atoms with Gasteiger partial charge >= 0.3 is 0 Å². The fourth-order valence-corrected chi connectivity index (χ4v) is 1.87. The molecule has 0 amide bonds. The molecule has 1 heterocycles. The van der Waals surface area contributed by atoms with E-state index in [4.69, 9.17) is 5.11 Å². The molecule has 0 saturated heterocycles. The topological polar surface area (TPSA) is 50.1 Å². The van der Waals surface area contributed by atoms with Gasteiger partial charge in [-0.2, -0.15) is 0 Å². The van der Waals surface area contributed by atoms with E-state index in [1.54, 1.807) is 0 Å². The lowest BCUT2D eigenvalue weighted by Crippen LogP contribution is -2.17. The lowest BCUT2D eigenvalue weighted by molar-refractivity contribution is 0.282. The van der Waals surface area contributed by atoms with Crippen molar-refractivity contribution in [3.63, 3.8) is 0 Å². The second-order valence-corrected chi connectivity index (χ2v) is 4.39. The molecule has 4 heteroatoms. The molecule has 1 aromatic rings. The molecule has 17 heavy (non-hydrogen) atoms. The molecule has 4 nitrogen and oxygen atoms in total.